The van der Waals surface area contributed by atoms with E-state index in [1.807, 2.05) is 26.8 Å². The van der Waals surface area contributed by atoms with Crippen LogP contribution in [0.1, 0.15) is 52.9 Å². The molecule has 1 saturated heterocycles. The van der Waals surface area contributed by atoms with E-state index in [1.54, 1.807) is 16.8 Å². The zero-order valence-corrected chi connectivity index (χ0v) is 16.3. The van der Waals surface area contributed by atoms with Gasteiger partial charge in [0.2, 0.25) is 11.8 Å². The molecular formula is C19H31N3O4. The van der Waals surface area contributed by atoms with Crippen LogP contribution in [0.3, 0.4) is 0 Å². The van der Waals surface area contributed by atoms with Crippen molar-refractivity contribution in [1.29, 1.82) is 0 Å². The van der Waals surface area contributed by atoms with Crippen LogP contribution in [0.15, 0.2) is 12.2 Å². The van der Waals surface area contributed by atoms with Gasteiger partial charge in [0.1, 0.15) is 11.1 Å². The largest absolute Gasteiger partial charge is 0.444 e. The monoisotopic (exact) mass is 365 g/mol. The molecule has 2 aliphatic rings. The van der Waals surface area contributed by atoms with Gasteiger partial charge in [0.25, 0.3) is 0 Å². The van der Waals surface area contributed by atoms with Crippen LogP contribution in [0.2, 0.25) is 0 Å². The van der Waals surface area contributed by atoms with E-state index in [0.717, 1.165) is 19.3 Å². The minimum atomic E-state index is -0.961. The summed E-state index contributed by atoms with van der Waals surface area (Å²) in [5.41, 5.74) is -1.59. The Morgan fingerprint density at radius 3 is 2.62 bits per heavy atom. The van der Waals surface area contributed by atoms with Crippen molar-refractivity contribution in [3.8, 4) is 0 Å². The Labute approximate surface area is 155 Å². The summed E-state index contributed by atoms with van der Waals surface area (Å²) in [6.45, 7) is 6.45. The normalized spacial score (nSPS) is 25.5. The summed E-state index contributed by atoms with van der Waals surface area (Å²) in [6, 6.07) is 0. The van der Waals surface area contributed by atoms with Crippen LogP contribution < -0.4 is 5.32 Å². The van der Waals surface area contributed by atoms with Crippen LogP contribution >= 0.6 is 0 Å². The van der Waals surface area contributed by atoms with Gasteiger partial charge in [0.05, 0.1) is 6.54 Å². The van der Waals surface area contributed by atoms with Crippen LogP contribution in [-0.2, 0) is 14.3 Å². The molecule has 0 saturated carbocycles. The van der Waals surface area contributed by atoms with Gasteiger partial charge in [-0.3, -0.25) is 14.5 Å². The second-order valence-electron chi connectivity index (χ2n) is 7.98. The van der Waals surface area contributed by atoms with Gasteiger partial charge in [0.15, 0.2) is 0 Å². The average Bonchev–Trinajstić information content (AvgIpc) is 3.00. The number of carbonyl (C=O) groups excluding carboxylic acids is 3. The molecule has 1 fully saturated rings. The van der Waals surface area contributed by atoms with Gasteiger partial charge in [-0.05, 0) is 52.9 Å². The van der Waals surface area contributed by atoms with Crippen molar-refractivity contribution in [1.82, 2.24) is 15.1 Å². The number of nitrogens with zero attached hydrogens (tertiary/aromatic N) is 2. The number of amides is 3. The van der Waals surface area contributed by atoms with Crippen LogP contribution in [0.25, 0.3) is 0 Å². The number of rotatable bonds is 2. The fourth-order valence-corrected chi connectivity index (χ4v) is 3.58. The molecule has 7 heteroatoms. The fraction of sp³-hybridized carbons (Fsp3) is 0.737. The second-order valence-corrected chi connectivity index (χ2v) is 7.98. The number of carbonyl (C=O) groups is 3. The van der Waals surface area contributed by atoms with Crippen molar-refractivity contribution in [3.05, 3.63) is 12.2 Å². The smallest absolute Gasteiger partial charge is 0.411 e. The van der Waals surface area contributed by atoms with E-state index in [9.17, 15) is 14.4 Å². The van der Waals surface area contributed by atoms with Gasteiger partial charge >= 0.3 is 6.09 Å². The van der Waals surface area contributed by atoms with Crippen molar-refractivity contribution in [3.63, 3.8) is 0 Å². The Balaban J connectivity index is 2.33. The number of allylic oxidation sites excluding steroid dienone is 1. The van der Waals surface area contributed by atoms with Crippen molar-refractivity contribution in [2.45, 2.75) is 64.0 Å². The maximum absolute atomic E-state index is 13.5. The van der Waals surface area contributed by atoms with Crippen LogP contribution in [-0.4, -0.2) is 65.5 Å². The van der Waals surface area contributed by atoms with Crippen molar-refractivity contribution in [2.75, 3.05) is 26.7 Å². The highest BCUT2D eigenvalue weighted by molar-refractivity contribution is 5.93. The number of likely N-dealkylation sites (tertiary alicyclic amines) is 1. The standard InChI is InChI=1S/C19H31N3O4/c1-18(2,3)26-17(25)22-13-9-11-19(22)10-7-5-6-8-12-21(16(19)24)14-15(23)20-4/h5,7H,6,8-14H2,1-4H3,(H,20,23)/b7-5-/t19-/m0/s1. The molecule has 0 aliphatic carbocycles. The lowest BCUT2D eigenvalue weighted by atomic mass is 9.90. The van der Waals surface area contributed by atoms with Gasteiger partial charge in [-0.2, -0.15) is 0 Å². The molecule has 0 aromatic carbocycles. The Kier molecular flexibility index (Phi) is 6.31. The molecule has 0 aromatic rings. The van der Waals surface area contributed by atoms with Crippen molar-refractivity contribution >= 4 is 17.9 Å². The lowest BCUT2D eigenvalue weighted by Gasteiger charge is -2.40. The Bertz CT molecular complexity index is 582. The zero-order valence-electron chi connectivity index (χ0n) is 16.3. The third-order valence-electron chi connectivity index (χ3n) is 4.82. The highest BCUT2D eigenvalue weighted by Crippen LogP contribution is 2.36. The maximum atomic E-state index is 13.5. The summed E-state index contributed by atoms with van der Waals surface area (Å²) in [7, 11) is 1.56. The maximum Gasteiger partial charge on any atom is 0.411 e. The molecule has 1 atom stereocenters. The van der Waals surface area contributed by atoms with Gasteiger partial charge < -0.3 is 15.0 Å². The number of ether oxygens (including phenoxy) is 1. The van der Waals surface area contributed by atoms with E-state index in [-0.39, 0.29) is 18.4 Å². The molecule has 3 amide bonds. The van der Waals surface area contributed by atoms with Gasteiger partial charge in [0, 0.05) is 20.1 Å². The molecule has 2 heterocycles. The molecule has 26 heavy (non-hydrogen) atoms. The number of hydrogen-bond acceptors (Lipinski definition) is 4. The molecule has 7 nitrogen and oxygen atoms in total. The molecule has 0 radical (unpaired) electrons. The van der Waals surface area contributed by atoms with E-state index < -0.39 is 17.2 Å². The molecule has 2 rings (SSSR count). The minimum Gasteiger partial charge on any atom is -0.444 e. The molecule has 0 aromatic heterocycles. The summed E-state index contributed by atoms with van der Waals surface area (Å²) in [4.78, 5) is 41.3. The second kappa shape index (κ2) is 8.10. The molecule has 1 spiro atoms. The number of nitrogens with one attached hydrogen (secondary N) is 1. The van der Waals surface area contributed by atoms with E-state index in [4.69, 9.17) is 4.74 Å². The Morgan fingerprint density at radius 2 is 1.96 bits per heavy atom. The zero-order chi connectivity index (χ0) is 19.4. The van der Waals surface area contributed by atoms with Crippen LogP contribution in [0, 0.1) is 0 Å². The molecule has 146 valence electrons. The highest BCUT2D eigenvalue weighted by Gasteiger charge is 2.52. The number of likely N-dealkylation sites (N-methyl/N-ethyl adjacent to an activating group) is 1. The van der Waals surface area contributed by atoms with Crippen molar-refractivity contribution in [2.24, 2.45) is 0 Å². The Morgan fingerprint density at radius 1 is 1.23 bits per heavy atom. The summed E-state index contributed by atoms with van der Waals surface area (Å²) >= 11 is 0. The topological polar surface area (TPSA) is 79.0 Å². The first-order chi connectivity index (χ1) is 12.2. The molecule has 2 aliphatic heterocycles. The third-order valence-corrected chi connectivity index (χ3v) is 4.82. The first kappa shape index (κ1) is 20.3. The first-order valence-corrected chi connectivity index (χ1v) is 9.35. The summed E-state index contributed by atoms with van der Waals surface area (Å²) in [6.07, 6.45) is 7.01. The van der Waals surface area contributed by atoms with E-state index in [1.165, 1.54) is 0 Å². The van der Waals surface area contributed by atoms with E-state index >= 15 is 0 Å². The number of hydrogen-bond donors (Lipinski definition) is 1. The highest BCUT2D eigenvalue weighted by atomic mass is 16.6. The minimum absolute atomic E-state index is 0.0131. The molecule has 0 unspecified atom stereocenters. The lowest BCUT2D eigenvalue weighted by molar-refractivity contribution is -0.145. The SMILES string of the molecule is CNC(=O)CN1CCC/C=C\C[C@]2(CCCN2C(=O)OC(C)(C)C)C1=O. The summed E-state index contributed by atoms with van der Waals surface area (Å²) in [5, 5.41) is 2.57. The average molecular weight is 365 g/mol. The predicted octanol–water partition coefficient (Wildman–Crippen LogP) is 2.07. The van der Waals surface area contributed by atoms with E-state index in [0.29, 0.717) is 25.9 Å². The summed E-state index contributed by atoms with van der Waals surface area (Å²) < 4.78 is 5.55. The summed E-state index contributed by atoms with van der Waals surface area (Å²) in [5.74, 6) is -0.362. The quantitative estimate of drug-likeness (QED) is 0.760. The van der Waals surface area contributed by atoms with Gasteiger partial charge in [-0.25, -0.2) is 4.79 Å². The van der Waals surface area contributed by atoms with Crippen LogP contribution in [0.5, 0.6) is 0 Å². The molecule has 1 N–H and O–H groups in total. The lowest BCUT2D eigenvalue weighted by Crippen LogP contribution is -2.59. The van der Waals surface area contributed by atoms with Crippen molar-refractivity contribution < 1.29 is 19.1 Å². The Hall–Kier alpha value is -2.05. The predicted molar refractivity (Wildman–Crippen MR) is 98.5 cm³/mol. The van der Waals surface area contributed by atoms with Crippen LogP contribution in [0.4, 0.5) is 4.79 Å². The van der Waals surface area contributed by atoms with E-state index in [2.05, 4.69) is 11.4 Å². The first-order valence-electron chi connectivity index (χ1n) is 9.35. The fourth-order valence-electron chi connectivity index (χ4n) is 3.58. The third kappa shape index (κ3) is 4.56. The molecular weight excluding hydrogens is 334 g/mol. The van der Waals surface area contributed by atoms with Gasteiger partial charge in [-0.15, -0.1) is 0 Å². The molecule has 0 bridgehead atoms. The van der Waals surface area contributed by atoms with Gasteiger partial charge in [-0.1, -0.05) is 12.2 Å².